The van der Waals surface area contributed by atoms with Crippen molar-refractivity contribution >= 4 is 17.0 Å². The number of carbonyl (C=O) groups excluding carboxylic acids is 1. The molecule has 0 aliphatic carbocycles. The van der Waals surface area contributed by atoms with E-state index in [0.29, 0.717) is 32.4 Å². The minimum absolute atomic E-state index is 0.00518. The normalized spacial score (nSPS) is 25.4. The van der Waals surface area contributed by atoms with Crippen LogP contribution in [0, 0.1) is 12.3 Å². The van der Waals surface area contributed by atoms with Gasteiger partial charge in [-0.2, -0.15) is 13.2 Å². The Morgan fingerprint density at radius 3 is 2.65 bits per heavy atom. The number of pyridine rings is 1. The highest BCUT2D eigenvalue weighted by molar-refractivity contribution is 5.83. The molecule has 0 saturated carbocycles. The van der Waals surface area contributed by atoms with Gasteiger partial charge in [0, 0.05) is 30.7 Å². The van der Waals surface area contributed by atoms with Crippen LogP contribution in [0.3, 0.4) is 0 Å². The number of hydrazine groups is 1. The molecule has 0 bridgehead atoms. The second-order valence-electron chi connectivity index (χ2n) is 9.68. The molecular formula is C21H28F3N5O2. The third-order valence-corrected chi connectivity index (χ3v) is 6.27. The zero-order valence-corrected chi connectivity index (χ0v) is 18.1. The van der Waals surface area contributed by atoms with E-state index in [1.165, 1.54) is 6.92 Å². The number of halogens is 3. The van der Waals surface area contributed by atoms with Crippen molar-refractivity contribution in [1.29, 1.82) is 0 Å². The molecule has 2 aromatic heterocycles. The topological polar surface area (TPSA) is 83.3 Å². The lowest BCUT2D eigenvalue weighted by Gasteiger charge is -2.33. The molecule has 7 nitrogen and oxygen atoms in total. The summed E-state index contributed by atoms with van der Waals surface area (Å²) in [5.41, 5.74) is 5.85. The van der Waals surface area contributed by atoms with Crippen LogP contribution < -0.4 is 10.9 Å². The molecule has 31 heavy (non-hydrogen) atoms. The summed E-state index contributed by atoms with van der Waals surface area (Å²) in [5.74, 6) is -0.376. The predicted molar refractivity (Wildman–Crippen MR) is 108 cm³/mol. The van der Waals surface area contributed by atoms with Crippen LogP contribution in [-0.2, 0) is 11.0 Å². The molecule has 0 radical (unpaired) electrons. The van der Waals surface area contributed by atoms with Crippen LogP contribution in [0.1, 0.15) is 62.9 Å². The van der Waals surface area contributed by atoms with Crippen molar-refractivity contribution in [2.75, 3.05) is 13.1 Å². The summed E-state index contributed by atoms with van der Waals surface area (Å²) in [4.78, 5) is 18.9. The van der Waals surface area contributed by atoms with Gasteiger partial charge in [0.2, 0.25) is 5.91 Å². The molecular weight excluding hydrogens is 411 g/mol. The molecule has 0 spiro atoms. The van der Waals surface area contributed by atoms with Gasteiger partial charge in [0.1, 0.15) is 6.04 Å². The van der Waals surface area contributed by atoms with Gasteiger partial charge in [-0.3, -0.25) is 10.2 Å². The van der Waals surface area contributed by atoms with Crippen LogP contribution in [0.2, 0.25) is 0 Å². The van der Waals surface area contributed by atoms with Crippen molar-refractivity contribution in [3.63, 3.8) is 0 Å². The average molecular weight is 439 g/mol. The first-order chi connectivity index (χ1) is 14.4. The fourth-order valence-electron chi connectivity index (χ4n) is 4.51. The van der Waals surface area contributed by atoms with Crippen molar-refractivity contribution in [3.05, 3.63) is 23.0 Å². The van der Waals surface area contributed by atoms with Gasteiger partial charge >= 0.3 is 6.18 Å². The lowest BCUT2D eigenvalue weighted by molar-refractivity contribution is -0.136. The van der Waals surface area contributed by atoms with Crippen LogP contribution >= 0.6 is 0 Å². The van der Waals surface area contributed by atoms with E-state index < -0.39 is 11.7 Å². The Hall–Kier alpha value is -2.20. The van der Waals surface area contributed by atoms with Gasteiger partial charge in [-0.05, 0) is 37.7 Å². The number of aryl methyl sites for hydroxylation is 1. The molecule has 2 fully saturated rings. The van der Waals surface area contributed by atoms with E-state index in [0.717, 1.165) is 6.07 Å². The Morgan fingerprint density at radius 1 is 1.26 bits per heavy atom. The number of fused-ring (bicyclic) bond motifs is 1. The number of piperidine rings is 1. The van der Waals surface area contributed by atoms with Crippen LogP contribution in [0.15, 0.2) is 10.6 Å². The number of amides is 1. The van der Waals surface area contributed by atoms with E-state index in [4.69, 9.17) is 4.52 Å². The molecule has 2 aromatic rings. The highest BCUT2D eigenvalue weighted by Gasteiger charge is 2.41. The van der Waals surface area contributed by atoms with E-state index in [1.807, 2.05) is 0 Å². The third kappa shape index (κ3) is 4.27. The van der Waals surface area contributed by atoms with Gasteiger partial charge in [-0.15, -0.1) is 0 Å². The summed E-state index contributed by atoms with van der Waals surface area (Å²) >= 11 is 0. The molecule has 1 amide bonds. The summed E-state index contributed by atoms with van der Waals surface area (Å²) in [6, 6.07) is 0.826. The van der Waals surface area contributed by atoms with Crippen molar-refractivity contribution in [2.24, 2.45) is 5.41 Å². The Bertz CT molecular complexity index is 982. The van der Waals surface area contributed by atoms with Gasteiger partial charge < -0.3 is 9.42 Å². The average Bonchev–Trinajstić information content (AvgIpc) is 3.33. The monoisotopic (exact) mass is 439 g/mol. The van der Waals surface area contributed by atoms with E-state index in [9.17, 15) is 18.0 Å². The second-order valence-corrected chi connectivity index (χ2v) is 9.68. The lowest BCUT2D eigenvalue weighted by Crippen LogP contribution is -2.49. The first-order valence-corrected chi connectivity index (χ1v) is 10.6. The van der Waals surface area contributed by atoms with Crippen molar-refractivity contribution in [3.8, 4) is 0 Å². The zero-order chi connectivity index (χ0) is 22.6. The number of alkyl halides is 3. The first kappa shape index (κ1) is 22.0. The number of nitrogens with one attached hydrogen (secondary N) is 2. The summed E-state index contributed by atoms with van der Waals surface area (Å²) < 4.78 is 46.2. The number of hydrogen-bond acceptors (Lipinski definition) is 6. The molecule has 0 aromatic carbocycles. The maximum Gasteiger partial charge on any atom is 0.417 e. The Kier molecular flexibility index (Phi) is 5.49. The highest BCUT2D eigenvalue weighted by atomic mass is 19.4. The molecule has 3 atom stereocenters. The van der Waals surface area contributed by atoms with Gasteiger partial charge in [0.25, 0.3) is 5.71 Å². The number of nitrogens with zero attached hydrogens (tertiary/aromatic N) is 3. The van der Waals surface area contributed by atoms with E-state index in [2.05, 4.69) is 41.8 Å². The van der Waals surface area contributed by atoms with Crippen molar-refractivity contribution in [2.45, 2.75) is 71.1 Å². The molecule has 10 heteroatoms. The minimum atomic E-state index is -4.54. The van der Waals surface area contributed by atoms with E-state index >= 15 is 0 Å². The number of likely N-dealkylation sites (tertiary alicyclic amines) is 1. The van der Waals surface area contributed by atoms with Crippen molar-refractivity contribution in [1.82, 2.24) is 25.9 Å². The number of rotatable bonds is 2. The molecule has 170 valence electrons. The van der Waals surface area contributed by atoms with Gasteiger partial charge in [0.05, 0.1) is 16.6 Å². The fraction of sp³-hybridized carbons (Fsp3) is 0.667. The molecule has 3 unspecified atom stereocenters. The Morgan fingerprint density at radius 2 is 2.00 bits per heavy atom. The Labute approximate surface area is 178 Å². The Balaban J connectivity index is 1.57. The second kappa shape index (κ2) is 7.74. The van der Waals surface area contributed by atoms with Crippen LogP contribution in [0.4, 0.5) is 13.2 Å². The predicted octanol–water partition coefficient (Wildman–Crippen LogP) is 3.54. The van der Waals surface area contributed by atoms with Crippen molar-refractivity contribution < 1.29 is 22.5 Å². The number of hydrogen-bond donors (Lipinski definition) is 2. The summed E-state index contributed by atoms with van der Waals surface area (Å²) in [7, 11) is 0. The smallest absolute Gasteiger partial charge is 0.341 e. The SMILES string of the molecule is Cc1cc(C(F)(F)F)c2c(C3CCCN(C(=O)C4CC(C(C)(C)C)NN4)C3)noc2n1. The molecule has 4 heterocycles. The molecule has 2 saturated heterocycles. The van der Waals surface area contributed by atoms with Gasteiger partial charge in [-0.25, -0.2) is 10.4 Å². The lowest BCUT2D eigenvalue weighted by atomic mass is 9.84. The quantitative estimate of drug-likeness (QED) is 0.745. The third-order valence-electron chi connectivity index (χ3n) is 6.27. The summed E-state index contributed by atoms with van der Waals surface area (Å²) in [6.45, 7) is 8.71. The van der Waals surface area contributed by atoms with E-state index in [1.54, 1.807) is 4.90 Å². The highest BCUT2D eigenvalue weighted by Crippen LogP contribution is 2.40. The number of carbonyl (C=O) groups is 1. The largest absolute Gasteiger partial charge is 0.417 e. The fourth-order valence-corrected chi connectivity index (χ4v) is 4.51. The maximum atomic E-state index is 13.7. The standard InChI is InChI=1S/C21H28F3N5O2/c1-11-8-13(21(22,23)24)16-17(28-31-18(16)25-11)12-6-5-7-29(10-12)19(30)14-9-15(27-26-14)20(2,3)4/h8,12,14-15,26-27H,5-7,9-10H2,1-4H3. The van der Waals surface area contributed by atoms with Gasteiger partial charge in [0.15, 0.2) is 0 Å². The van der Waals surface area contributed by atoms with E-state index in [-0.39, 0.29) is 51.8 Å². The maximum absolute atomic E-state index is 13.7. The summed E-state index contributed by atoms with van der Waals surface area (Å²) in [5, 5.41) is 3.87. The van der Waals surface area contributed by atoms with Crippen LogP contribution in [-0.4, -0.2) is 46.1 Å². The molecule has 2 aliphatic rings. The molecule has 2 N–H and O–H groups in total. The first-order valence-electron chi connectivity index (χ1n) is 10.6. The van der Waals surface area contributed by atoms with Crippen LogP contribution in [0.5, 0.6) is 0 Å². The molecule has 2 aliphatic heterocycles. The molecule has 4 rings (SSSR count). The van der Waals surface area contributed by atoms with Crippen LogP contribution in [0.25, 0.3) is 11.1 Å². The zero-order valence-electron chi connectivity index (χ0n) is 18.1. The minimum Gasteiger partial charge on any atom is -0.341 e. The number of aromatic nitrogens is 2. The summed E-state index contributed by atoms with van der Waals surface area (Å²) in [6.07, 6.45) is -2.55. The van der Waals surface area contributed by atoms with Gasteiger partial charge in [-0.1, -0.05) is 25.9 Å².